The van der Waals surface area contributed by atoms with Gasteiger partial charge >= 0.3 is 5.97 Å². The molecule has 2 heterocycles. The molecule has 0 amide bonds. The molecule has 1 fully saturated rings. The molecule has 0 unspecified atom stereocenters. The van der Waals surface area contributed by atoms with Crippen LogP contribution in [0.25, 0.3) is 0 Å². The Morgan fingerprint density at radius 1 is 1.33 bits per heavy atom. The van der Waals surface area contributed by atoms with E-state index in [1.54, 1.807) is 25.5 Å². The molecule has 0 radical (unpaired) electrons. The van der Waals surface area contributed by atoms with Gasteiger partial charge in [-0.15, -0.1) is 0 Å². The highest BCUT2D eigenvalue weighted by molar-refractivity contribution is 5.90. The van der Waals surface area contributed by atoms with E-state index in [4.69, 9.17) is 4.74 Å². The lowest BCUT2D eigenvalue weighted by Gasteiger charge is -2.09. The van der Waals surface area contributed by atoms with E-state index in [9.17, 15) is 4.79 Å². The van der Waals surface area contributed by atoms with Crippen LogP contribution in [0.2, 0.25) is 0 Å². The van der Waals surface area contributed by atoms with Gasteiger partial charge in [0.2, 0.25) is 0 Å². The Labute approximate surface area is 123 Å². The van der Waals surface area contributed by atoms with Crippen molar-refractivity contribution in [2.45, 2.75) is 32.1 Å². The topological polar surface area (TPSA) is 65.0 Å². The third-order valence-electron chi connectivity index (χ3n) is 3.44. The number of carbonyl (C=O) groups is 1. The number of pyridine rings is 1. The monoisotopic (exact) mass is 283 g/mol. The van der Waals surface area contributed by atoms with Gasteiger partial charge in [0.1, 0.15) is 5.82 Å². The summed E-state index contributed by atoms with van der Waals surface area (Å²) in [4.78, 5) is 24.9. The lowest BCUT2D eigenvalue weighted by molar-refractivity contribution is 0.0524. The summed E-state index contributed by atoms with van der Waals surface area (Å²) >= 11 is 0. The first-order valence-corrected chi connectivity index (χ1v) is 7.19. The van der Waals surface area contributed by atoms with E-state index in [1.807, 2.05) is 12.1 Å². The molecule has 0 spiro atoms. The third kappa shape index (κ3) is 3.24. The highest BCUT2D eigenvalue weighted by Crippen LogP contribution is 2.40. The van der Waals surface area contributed by atoms with E-state index in [1.165, 1.54) is 0 Å². The Balaban J connectivity index is 1.87. The molecule has 2 aromatic heterocycles. The molecule has 21 heavy (non-hydrogen) atoms. The fraction of sp³-hybridized carbons (Fsp3) is 0.375. The fourth-order valence-electron chi connectivity index (χ4n) is 2.24. The van der Waals surface area contributed by atoms with Gasteiger partial charge in [-0.25, -0.2) is 14.8 Å². The van der Waals surface area contributed by atoms with Crippen LogP contribution >= 0.6 is 0 Å². The minimum absolute atomic E-state index is 0.324. The van der Waals surface area contributed by atoms with Gasteiger partial charge in [-0.3, -0.25) is 4.98 Å². The molecule has 1 aliphatic carbocycles. The SMILES string of the molecule is CCOC(=O)c1cnc(Cc2ccncc2)nc1C1CC1. The van der Waals surface area contributed by atoms with Crippen LogP contribution in [0.1, 0.15) is 53.1 Å². The van der Waals surface area contributed by atoms with Crippen LogP contribution in [0.3, 0.4) is 0 Å². The normalized spacial score (nSPS) is 14.0. The number of esters is 1. The molecular formula is C16H17N3O2. The molecule has 5 nitrogen and oxygen atoms in total. The van der Waals surface area contributed by atoms with Crippen molar-refractivity contribution in [2.24, 2.45) is 0 Å². The van der Waals surface area contributed by atoms with Crippen molar-refractivity contribution in [3.05, 3.63) is 53.4 Å². The molecular weight excluding hydrogens is 266 g/mol. The van der Waals surface area contributed by atoms with E-state index in [0.29, 0.717) is 24.5 Å². The van der Waals surface area contributed by atoms with Crippen LogP contribution in [0.4, 0.5) is 0 Å². The minimum Gasteiger partial charge on any atom is -0.462 e. The summed E-state index contributed by atoms with van der Waals surface area (Å²) in [5.74, 6) is 0.787. The average Bonchev–Trinajstić information content (AvgIpc) is 3.33. The minimum atomic E-state index is -0.324. The lowest BCUT2D eigenvalue weighted by Crippen LogP contribution is -2.12. The quantitative estimate of drug-likeness (QED) is 0.789. The van der Waals surface area contributed by atoms with Gasteiger partial charge in [0.15, 0.2) is 0 Å². The third-order valence-corrected chi connectivity index (χ3v) is 3.44. The zero-order chi connectivity index (χ0) is 14.7. The van der Waals surface area contributed by atoms with E-state index >= 15 is 0 Å². The van der Waals surface area contributed by atoms with Crippen LogP contribution in [0.15, 0.2) is 30.7 Å². The molecule has 5 heteroatoms. The molecule has 0 saturated heterocycles. The predicted molar refractivity (Wildman–Crippen MR) is 77.0 cm³/mol. The zero-order valence-electron chi connectivity index (χ0n) is 12.0. The maximum absolute atomic E-state index is 12.0. The summed E-state index contributed by atoms with van der Waals surface area (Å²) in [5.41, 5.74) is 2.46. The van der Waals surface area contributed by atoms with Crippen LogP contribution in [0.5, 0.6) is 0 Å². The average molecular weight is 283 g/mol. The van der Waals surface area contributed by atoms with Gasteiger partial charge < -0.3 is 4.74 Å². The number of hydrogen-bond acceptors (Lipinski definition) is 5. The molecule has 2 aromatic rings. The molecule has 3 rings (SSSR count). The Hall–Kier alpha value is -2.30. The summed E-state index contributed by atoms with van der Waals surface area (Å²) in [6.45, 7) is 2.16. The second-order valence-corrected chi connectivity index (χ2v) is 5.11. The maximum atomic E-state index is 12.0. The highest BCUT2D eigenvalue weighted by atomic mass is 16.5. The first-order chi connectivity index (χ1) is 10.3. The lowest BCUT2D eigenvalue weighted by atomic mass is 10.1. The zero-order valence-corrected chi connectivity index (χ0v) is 12.0. The van der Waals surface area contributed by atoms with Gasteiger partial charge in [-0.2, -0.15) is 0 Å². The molecule has 0 aliphatic heterocycles. The number of nitrogens with zero attached hydrogens (tertiary/aromatic N) is 3. The molecule has 1 saturated carbocycles. The second kappa shape index (κ2) is 5.99. The standard InChI is InChI=1S/C16H17N3O2/c1-2-21-16(20)13-10-18-14(19-15(13)12-3-4-12)9-11-5-7-17-8-6-11/h5-8,10,12H,2-4,9H2,1H3. The maximum Gasteiger partial charge on any atom is 0.341 e. The van der Waals surface area contributed by atoms with Crippen molar-refractivity contribution in [2.75, 3.05) is 6.61 Å². The van der Waals surface area contributed by atoms with Crippen molar-refractivity contribution >= 4 is 5.97 Å². The van der Waals surface area contributed by atoms with E-state index in [2.05, 4.69) is 15.0 Å². The molecule has 1 aliphatic rings. The number of rotatable bonds is 5. The Bertz CT molecular complexity index is 639. The number of hydrogen-bond donors (Lipinski definition) is 0. The summed E-state index contributed by atoms with van der Waals surface area (Å²) in [6, 6.07) is 3.89. The first kappa shape index (κ1) is 13.7. The second-order valence-electron chi connectivity index (χ2n) is 5.11. The van der Waals surface area contributed by atoms with Gasteiger partial charge in [-0.05, 0) is 37.5 Å². The van der Waals surface area contributed by atoms with Crippen molar-refractivity contribution in [1.29, 1.82) is 0 Å². The predicted octanol–water partition coefficient (Wildman–Crippen LogP) is 2.52. The van der Waals surface area contributed by atoms with Gasteiger partial charge in [0.05, 0.1) is 17.9 Å². The smallest absolute Gasteiger partial charge is 0.341 e. The van der Waals surface area contributed by atoms with Crippen molar-refractivity contribution < 1.29 is 9.53 Å². The molecule has 0 N–H and O–H groups in total. The van der Waals surface area contributed by atoms with E-state index in [0.717, 1.165) is 29.9 Å². The van der Waals surface area contributed by atoms with Crippen molar-refractivity contribution in [3.8, 4) is 0 Å². The van der Waals surface area contributed by atoms with Crippen molar-refractivity contribution in [3.63, 3.8) is 0 Å². The molecule has 108 valence electrons. The summed E-state index contributed by atoms with van der Waals surface area (Å²) in [5, 5.41) is 0. The number of ether oxygens (including phenoxy) is 1. The first-order valence-electron chi connectivity index (χ1n) is 7.19. The molecule has 0 bridgehead atoms. The van der Waals surface area contributed by atoms with Crippen LogP contribution in [-0.2, 0) is 11.2 Å². The van der Waals surface area contributed by atoms with Crippen LogP contribution in [-0.4, -0.2) is 27.5 Å². The Morgan fingerprint density at radius 2 is 2.10 bits per heavy atom. The fourth-order valence-corrected chi connectivity index (χ4v) is 2.24. The summed E-state index contributed by atoms with van der Waals surface area (Å²) in [6.07, 6.45) is 7.92. The van der Waals surface area contributed by atoms with Crippen molar-refractivity contribution in [1.82, 2.24) is 15.0 Å². The van der Waals surface area contributed by atoms with Gasteiger partial charge in [-0.1, -0.05) is 0 Å². The van der Waals surface area contributed by atoms with Crippen LogP contribution in [0, 0.1) is 0 Å². The Morgan fingerprint density at radius 3 is 2.76 bits per heavy atom. The summed E-state index contributed by atoms with van der Waals surface area (Å²) in [7, 11) is 0. The van der Waals surface area contributed by atoms with Gasteiger partial charge in [0, 0.05) is 30.9 Å². The number of carbonyl (C=O) groups excluding carboxylic acids is 1. The van der Waals surface area contributed by atoms with E-state index in [-0.39, 0.29) is 5.97 Å². The Kier molecular flexibility index (Phi) is 3.90. The van der Waals surface area contributed by atoms with Crippen LogP contribution < -0.4 is 0 Å². The molecule has 0 atom stereocenters. The molecule has 0 aromatic carbocycles. The van der Waals surface area contributed by atoms with E-state index < -0.39 is 0 Å². The van der Waals surface area contributed by atoms with Gasteiger partial charge in [0.25, 0.3) is 0 Å². The summed E-state index contributed by atoms with van der Waals surface area (Å²) < 4.78 is 5.08. The highest BCUT2D eigenvalue weighted by Gasteiger charge is 2.30. The number of aromatic nitrogens is 3. The largest absolute Gasteiger partial charge is 0.462 e.